The largest absolute Gasteiger partial charge is 0.497 e. The topological polar surface area (TPSA) is 88.5 Å². The monoisotopic (exact) mass is 586 g/mol. The maximum absolute atomic E-state index is 14.0. The van der Waals surface area contributed by atoms with E-state index in [0.29, 0.717) is 23.5 Å². The Balaban J connectivity index is 1.41. The number of rotatable bonds is 5. The number of methoxy groups -OCH3 is 1. The van der Waals surface area contributed by atoms with Gasteiger partial charge in [0.1, 0.15) is 23.3 Å². The summed E-state index contributed by atoms with van der Waals surface area (Å²) >= 11 is 0. The molecule has 5 atom stereocenters. The van der Waals surface area contributed by atoms with Crippen molar-refractivity contribution >= 4 is 11.7 Å². The number of nitrogens with one attached hydrogen (secondary N) is 1. The molecule has 0 unspecified atom stereocenters. The van der Waals surface area contributed by atoms with Gasteiger partial charge in [-0.25, -0.2) is 9.18 Å². The molecule has 226 valence electrons. The number of carbonyl (C=O) groups excluding carboxylic acids is 1. The van der Waals surface area contributed by atoms with Crippen molar-refractivity contribution in [3.05, 3.63) is 95.3 Å². The van der Waals surface area contributed by atoms with Crippen molar-refractivity contribution < 1.29 is 24.1 Å². The van der Waals surface area contributed by atoms with Crippen molar-refractivity contribution in [3.63, 3.8) is 0 Å². The van der Waals surface area contributed by atoms with Gasteiger partial charge in [-0.05, 0) is 75.1 Å². The number of nitrogens with zero attached hydrogens (tertiary/aromatic N) is 3. The summed E-state index contributed by atoms with van der Waals surface area (Å²) in [5.41, 5.74) is 1.41. The molecule has 2 saturated heterocycles. The number of halogens is 1. The lowest BCUT2D eigenvalue weighted by molar-refractivity contribution is -0.148. The molecule has 2 aliphatic rings. The molecule has 9 heteroatoms. The molecule has 0 bridgehead atoms. The fraction of sp³-hybridized carbons (Fsp3) is 0.382. The maximum atomic E-state index is 14.0. The smallest absolute Gasteiger partial charge is 0.321 e. The van der Waals surface area contributed by atoms with E-state index in [-0.39, 0.29) is 42.9 Å². The lowest BCUT2D eigenvalue weighted by Crippen LogP contribution is -2.73. The van der Waals surface area contributed by atoms with E-state index >= 15 is 0 Å². The number of benzene rings is 3. The molecule has 0 aromatic heterocycles. The molecule has 3 N–H and O–H groups in total. The van der Waals surface area contributed by atoms with E-state index in [9.17, 15) is 19.4 Å². The third kappa shape index (κ3) is 6.84. The van der Waals surface area contributed by atoms with Crippen LogP contribution < -0.4 is 10.1 Å². The molecular weight excluding hydrogens is 547 g/mol. The summed E-state index contributed by atoms with van der Waals surface area (Å²) in [7, 11) is 5.60. The maximum Gasteiger partial charge on any atom is 0.321 e. The van der Waals surface area contributed by atoms with Gasteiger partial charge in [0.05, 0.1) is 19.2 Å². The van der Waals surface area contributed by atoms with Crippen molar-refractivity contribution in [2.45, 2.75) is 36.6 Å². The SMILES string of the molecule is COc1ccc(NC(=O)N2C[C@H]3[C@@H](c4ccc(C#Cc5ccccc5F)cc4)[C@@H](CN(C)C)N3C[C@](C)(O)[C@@H](O)C2)cc1. The molecule has 8 nitrogen and oxygen atoms in total. The van der Waals surface area contributed by atoms with E-state index in [4.69, 9.17) is 4.74 Å². The van der Waals surface area contributed by atoms with Gasteiger partial charge in [0.25, 0.3) is 0 Å². The number of aliphatic hydroxyl groups is 2. The lowest BCUT2D eigenvalue weighted by Gasteiger charge is -2.60. The Morgan fingerprint density at radius 2 is 1.77 bits per heavy atom. The van der Waals surface area contributed by atoms with Crippen LogP contribution in [0, 0.1) is 17.7 Å². The van der Waals surface area contributed by atoms with Gasteiger partial charge >= 0.3 is 6.03 Å². The third-order valence-electron chi connectivity index (χ3n) is 8.39. The fourth-order valence-corrected chi connectivity index (χ4v) is 6.02. The normalized spacial score (nSPS) is 25.4. The minimum Gasteiger partial charge on any atom is -0.497 e. The van der Waals surface area contributed by atoms with Crippen LogP contribution >= 0.6 is 0 Å². The summed E-state index contributed by atoms with van der Waals surface area (Å²) in [5, 5.41) is 25.2. The first-order valence-corrected chi connectivity index (χ1v) is 14.4. The predicted molar refractivity (Wildman–Crippen MR) is 165 cm³/mol. The highest BCUT2D eigenvalue weighted by atomic mass is 19.1. The fourth-order valence-electron chi connectivity index (χ4n) is 6.02. The molecular formula is C34H39FN4O4. The molecule has 0 radical (unpaired) electrons. The molecule has 5 rings (SSSR count). The second-order valence-corrected chi connectivity index (χ2v) is 11.9. The van der Waals surface area contributed by atoms with Crippen molar-refractivity contribution in [2.24, 2.45) is 0 Å². The highest BCUT2D eigenvalue weighted by molar-refractivity contribution is 5.89. The summed E-state index contributed by atoms with van der Waals surface area (Å²) in [6, 6.07) is 21.1. The Kier molecular flexibility index (Phi) is 9.04. The van der Waals surface area contributed by atoms with Gasteiger partial charge in [0.15, 0.2) is 0 Å². The number of β-amino-alcohol motifs (C(OH)–C–C–N with tert-alkyl or cyclic N) is 1. The van der Waals surface area contributed by atoms with E-state index in [2.05, 4.69) is 27.0 Å². The van der Waals surface area contributed by atoms with Crippen molar-refractivity contribution in [1.82, 2.24) is 14.7 Å². The first-order chi connectivity index (χ1) is 20.6. The molecule has 0 saturated carbocycles. The number of amides is 2. The summed E-state index contributed by atoms with van der Waals surface area (Å²) < 4.78 is 19.2. The number of urea groups is 1. The van der Waals surface area contributed by atoms with Crippen molar-refractivity contribution in [2.75, 3.05) is 52.7 Å². The average molecular weight is 587 g/mol. The zero-order valence-corrected chi connectivity index (χ0v) is 25.0. The Labute approximate surface area is 252 Å². The van der Waals surface area contributed by atoms with Crippen LogP contribution in [0.3, 0.4) is 0 Å². The highest BCUT2D eigenvalue weighted by Crippen LogP contribution is 2.43. The Bertz CT molecular complexity index is 1480. The second kappa shape index (κ2) is 12.7. The molecule has 2 amide bonds. The number of ether oxygens (including phenoxy) is 1. The van der Waals surface area contributed by atoms with Crippen molar-refractivity contribution in [1.29, 1.82) is 0 Å². The van der Waals surface area contributed by atoms with E-state index in [1.54, 1.807) is 61.4 Å². The predicted octanol–water partition coefficient (Wildman–Crippen LogP) is 3.59. The Hall–Kier alpha value is -3.94. The molecule has 2 heterocycles. The summed E-state index contributed by atoms with van der Waals surface area (Å²) in [5.74, 6) is 6.36. The quantitative estimate of drug-likeness (QED) is 0.396. The summed E-state index contributed by atoms with van der Waals surface area (Å²) in [4.78, 5) is 19.4. The van der Waals surface area contributed by atoms with Crippen LogP contribution in [0.4, 0.5) is 14.9 Å². The molecule has 43 heavy (non-hydrogen) atoms. The molecule has 0 spiro atoms. The Morgan fingerprint density at radius 3 is 2.42 bits per heavy atom. The van der Waals surface area contributed by atoms with E-state index in [0.717, 1.165) is 17.7 Å². The Morgan fingerprint density at radius 1 is 1.07 bits per heavy atom. The van der Waals surface area contributed by atoms with Crippen LogP contribution in [0.25, 0.3) is 0 Å². The minimum atomic E-state index is -1.42. The van der Waals surface area contributed by atoms with Gasteiger partial charge < -0.3 is 30.1 Å². The van der Waals surface area contributed by atoms with Crippen LogP contribution in [-0.2, 0) is 0 Å². The van der Waals surface area contributed by atoms with Crippen LogP contribution in [-0.4, -0.2) is 102 Å². The van der Waals surface area contributed by atoms with Gasteiger partial charge in [0, 0.05) is 48.9 Å². The molecule has 3 aromatic rings. The van der Waals surface area contributed by atoms with Crippen LogP contribution in [0.2, 0.25) is 0 Å². The molecule has 3 aromatic carbocycles. The molecule has 2 fully saturated rings. The van der Waals surface area contributed by atoms with Gasteiger partial charge in [0.2, 0.25) is 0 Å². The number of carbonyl (C=O) groups is 1. The number of aliphatic hydroxyl groups excluding tert-OH is 1. The summed E-state index contributed by atoms with van der Waals surface area (Å²) in [6.45, 7) is 3.02. The number of fused-ring (bicyclic) bond motifs is 1. The zero-order chi connectivity index (χ0) is 30.7. The highest BCUT2D eigenvalue weighted by Gasteiger charge is 2.54. The van der Waals surface area contributed by atoms with Crippen LogP contribution in [0.15, 0.2) is 72.8 Å². The van der Waals surface area contributed by atoms with Crippen LogP contribution in [0.1, 0.15) is 29.5 Å². The van der Waals surface area contributed by atoms with Crippen molar-refractivity contribution in [3.8, 4) is 17.6 Å². The third-order valence-corrected chi connectivity index (χ3v) is 8.39. The van der Waals surface area contributed by atoms with Crippen LogP contribution in [0.5, 0.6) is 5.75 Å². The standard InChI is InChI=1S/C34H39FN4O4/c1-34(42)22-39-29(19-37(2)3)32(25-13-10-23(11-14-25)9-12-24-7-5-6-8-28(24)35)30(39)20-38(21-31(34)40)33(41)36-26-15-17-27(43-4)18-16-26/h5-8,10-11,13-18,29-32,40,42H,19-22H2,1-4H3,(H,36,41)/t29-,30+,31+,32+,34+/m1/s1. The van der Waals surface area contributed by atoms with Gasteiger partial charge in [-0.2, -0.15) is 0 Å². The first kappa shape index (κ1) is 30.5. The average Bonchev–Trinajstić information content (AvgIpc) is 2.98. The van der Waals surface area contributed by atoms with E-state index in [1.165, 1.54) is 6.07 Å². The molecule has 2 aliphatic heterocycles. The van der Waals surface area contributed by atoms with E-state index in [1.807, 2.05) is 38.4 Å². The van der Waals surface area contributed by atoms with Gasteiger partial charge in [-0.1, -0.05) is 36.1 Å². The van der Waals surface area contributed by atoms with E-state index < -0.39 is 11.7 Å². The number of hydrogen-bond acceptors (Lipinski definition) is 6. The van der Waals surface area contributed by atoms with Gasteiger partial charge in [-0.15, -0.1) is 0 Å². The molecule has 0 aliphatic carbocycles. The number of anilines is 1. The summed E-state index contributed by atoms with van der Waals surface area (Å²) in [6.07, 6.45) is -1.12. The second-order valence-electron chi connectivity index (χ2n) is 11.9. The zero-order valence-electron chi connectivity index (χ0n) is 25.0. The minimum absolute atomic E-state index is 0.00499. The lowest BCUT2D eigenvalue weighted by atomic mass is 9.72. The first-order valence-electron chi connectivity index (χ1n) is 14.4. The number of likely N-dealkylation sites (N-methyl/N-ethyl adjacent to an activating group) is 1. The number of hydrogen-bond donors (Lipinski definition) is 3. The van der Waals surface area contributed by atoms with Gasteiger partial charge in [-0.3, -0.25) is 4.90 Å².